The van der Waals surface area contributed by atoms with E-state index in [0.717, 1.165) is 34.6 Å². The zero-order chi connectivity index (χ0) is 40.8. The molecule has 2 aliphatic heterocycles. The van der Waals surface area contributed by atoms with Crippen LogP contribution in [0.25, 0.3) is 41.8 Å². The van der Waals surface area contributed by atoms with Crippen LogP contribution in [0.3, 0.4) is 0 Å². The van der Waals surface area contributed by atoms with Gasteiger partial charge in [-0.25, -0.2) is 0 Å². The summed E-state index contributed by atoms with van der Waals surface area (Å²) in [6.45, 7) is 3.89. The van der Waals surface area contributed by atoms with Gasteiger partial charge in [0.1, 0.15) is 49.3 Å². The van der Waals surface area contributed by atoms with E-state index in [1.165, 1.54) is 0 Å². The molecule has 1 N–H and O–H groups in total. The summed E-state index contributed by atoms with van der Waals surface area (Å²) in [5, 5.41) is 24.8. The van der Waals surface area contributed by atoms with E-state index >= 15 is 0 Å². The molecule has 0 unspecified atom stereocenters. The first-order valence-electron chi connectivity index (χ1n) is 16.4. The van der Waals surface area contributed by atoms with Gasteiger partial charge in [-0.15, -0.1) is 0 Å². The lowest BCUT2D eigenvalue weighted by molar-refractivity contribution is -0.318. The van der Waals surface area contributed by atoms with Crippen LogP contribution in [0.1, 0.15) is 47.5 Å². The van der Waals surface area contributed by atoms with E-state index in [0.29, 0.717) is 0 Å². The van der Waals surface area contributed by atoms with E-state index in [1.807, 2.05) is 0 Å². The molecule has 2 heterocycles. The van der Waals surface area contributed by atoms with E-state index in [1.54, 1.807) is 0 Å². The molecule has 27 heteroatoms. The number of aliphatic hydroxyl groups excluding tert-OH is 1. The van der Waals surface area contributed by atoms with Crippen molar-refractivity contribution in [3.63, 3.8) is 0 Å². The number of carbonyl (C=O) groups excluding carboxylic acids is 5. The molecule has 55 heavy (non-hydrogen) atoms. The molecule has 0 aromatic rings. The summed E-state index contributed by atoms with van der Waals surface area (Å²) in [5.74, 6) is -4.33. The van der Waals surface area contributed by atoms with Crippen LogP contribution >= 0.6 is 0 Å². The van der Waals surface area contributed by atoms with E-state index in [9.17, 15) is 51.2 Å². The molecule has 3 aliphatic rings. The molecule has 0 amide bonds. The van der Waals surface area contributed by atoms with E-state index in [4.69, 9.17) is 42.6 Å². The predicted octanol–water partition coefficient (Wildman–Crippen LogP) is 2.00. The van der Waals surface area contributed by atoms with Crippen molar-refractivity contribution in [1.82, 2.24) is 0 Å². The number of azide groups is 4. The molecule has 1 aliphatic carbocycles. The van der Waals surface area contributed by atoms with Crippen LogP contribution in [0, 0.1) is 0 Å². The third kappa shape index (κ3) is 11.9. The molecule has 2 saturated heterocycles. The molecule has 0 spiro atoms. The average Bonchev–Trinajstić information content (AvgIpc) is 3.09. The number of ether oxygens (including phenoxy) is 9. The van der Waals surface area contributed by atoms with Gasteiger partial charge in [0.05, 0.1) is 24.7 Å². The van der Waals surface area contributed by atoms with E-state index < -0.39 is 129 Å². The summed E-state index contributed by atoms with van der Waals surface area (Å²) in [5.41, 5.74) is 37.8. The SMILES string of the molecule is CC(=O)OC[C@H]1O[C@H](O[C@@H]2[C@@H](OC(C)=O)[C@H](O[C@H]3O[C@H](CO)[C@@H](OC(C)=O)C[C@H]3N=[N+]=[N-])[C@@H](N=[N+]=[N-])C[C@H]2N=[N+]=[N-])[C@H](OC(C)=O)[C@@H](N=[N+]=[N-])[C@@H]1OC(C)=O. The Morgan fingerprint density at radius 3 is 1.55 bits per heavy atom. The predicted molar refractivity (Wildman–Crippen MR) is 174 cm³/mol. The van der Waals surface area contributed by atoms with Gasteiger partial charge in [0, 0.05) is 60.7 Å². The summed E-state index contributed by atoms with van der Waals surface area (Å²) in [6, 6.07) is -5.58. The Bertz CT molecular complexity index is 1630. The molecule has 0 aromatic heterocycles. The molecular weight excluding hydrogens is 744 g/mol. The summed E-state index contributed by atoms with van der Waals surface area (Å²) < 4.78 is 51.0. The van der Waals surface area contributed by atoms with Crippen molar-refractivity contribution >= 4 is 29.8 Å². The minimum absolute atomic E-state index is 0.216. The van der Waals surface area contributed by atoms with Gasteiger partial charge in [-0.2, -0.15) is 0 Å². The number of rotatable bonds is 15. The summed E-state index contributed by atoms with van der Waals surface area (Å²) in [7, 11) is 0. The largest absolute Gasteiger partial charge is 0.463 e. The highest BCUT2D eigenvalue weighted by Crippen LogP contribution is 2.38. The summed E-state index contributed by atoms with van der Waals surface area (Å²) >= 11 is 0. The van der Waals surface area contributed by atoms with E-state index in [2.05, 4.69) is 40.1 Å². The van der Waals surface area contributed by atoms with Crippen molar-refractivity contribution in [2.24, 2.45) is 20.5 Å². The minimum Gasteiger partial charge on any atom is -0.463 e. The lowest BCUT2D eigenvalue weighted by atomic mass is 9.83. The highest BCUT2D eigenvalue weighted by Gasteiger charge is 2.56. The number of nitrogens with zero attached hydrogens (tertiary/aromatic N) is 12. The smallest absolute Gasteiger partial charge is 0.303 e. The van der Waals surface area contributed by atoms with Gasteiger partial charge in [0.25, 0.3) is 0 Å². The number of carbonyl (C=O) groups is 5. The Balaban J connectivity index is 2.17. The molecule has 0 radical (unpaired) electrons. The molecule has 0 bridgehead atoms. The van der Waals surface area contributed by atoms with Crippen molar-refractivity contribution < 1.29 is 71.7 Å². The highest BCUT2D eigenvalue weighted by molar-refractivity contribution is 5.68. The maximum Gasteiger partial charge on any atom is 0.303 e. The van der Waals surface area contributed by atoms with Gasteiger partial charge in [-0.1, -0.05) is 20.5 Å². The standard InChI is InChI=1S/C28H38N12O15/c1-10(42)47-9-20-24(49-12(3)44)21(36-40-32)25(50-13(4)45)28(53-20)55-23-16(34-38-30)6-15(33-37-29)22(26(23)51-14(5)46)54-27-17(35-39-31)7-18(48-11(2)43)19(8-41)52-27/h15-28,41H,6-9H2,1-5H3/t15-,16+,17+,18-,19+,20+,21-,22+,23-,24+,25+,26-,27+,28+/m0/s1. The van der Waals surface area contributed by atoms with Gasteiger partial charge >= 0.3 is 29.8 Å². The Morgan fingerprint density at radius 1 is 0.582 bits per heavy atom. The van der Waals surface area contributed by atoms with Crippen LogP contribution in [-0.2, 0) is 66.6 Å². The van der Waals surface area contributed by atoms with Gasteiger partial charge < -0.3 is 47.7 Å². The third-order valence-corrected chi connectivity index (χ3v) is 8.24. The molecule has 3 fully saturated rings. The van der Waals surface area contributed by atoms with Crippen molar-refractivity contribution in [3.05, 3.63) is 41.8 Å². The van der Waals surface area contributed by atoms with E-state index in [-0.39, 0.29) is 12.8 Å². The van der Waals surface area contributed by atoms with Gasteiger partial charge in [0.15, 0.2) is 24.8 Å². The fourth-order valence-corrected chi connectivity index (χ4v) is 6.29. The zero-order valence-electron chi connectivity index (χ0n) is 29.9. The maximum absolute atomic E-state index is 12.6. The third-order valence-electron chi connectivity index (χ3n) is 8.24. The normalized spacial score (nSPS) is 34.0. The minimum atomic E-state index is -1.85. The molecule has 27 nitrogen and oxygen atoms in total. The lowest BCUT2D eigenvalue weighted by Crippen LogP contribution is -2.65. The van der Waals surface area contributed by atoms with Crippen LogP contribution in [0.5, 0.6) is 0 Å². The second kappa shape index (κ2) is 20.7. The fraction of sp³-hybridized carbons (Fsp3) is 0.821. The maximum atomic E-state index is 12.6. The molecular formula is C28H38N12O15. The van der Waals surface area contributed by atoms with Crippen LogP contribution in [0.2, 0.25) is 0 Å². The first-order valence-corrected chi connectivity index (χ1v) is 16.4. The number of aliphatic hydroxyl groups is 1. The second-order valence-corrected chi connectivity index (χ2v) is 12.1. The number of esters is 5. The van der Waals surface area contributed by atoms with Gasteiger partial charge in [-0.3, -0.25) is 24.0 Å². The Hall–Kier alpha value is -5.61. The molecule has 0 aromatic carbocycles. The Kier molecular flexibility index (Phi) is 16.5. The van der Waals surface area contributed by atoms with Crippen molar-refractivity contribution in [3.8, 4) is 0 Å². The van der Waals surface area contributed by atoms with Gasteiger partial charge in [0.2, 0.25) is 0 Å². The first kappa shape index (κ1) is 43.8. The topological polar surface area (TPSA) is 384 Å². The molecule has 1 saturated carbocycles. The first-order chi connectivity index (χ1) is 26.2. The fourth-order valence-electron chi connectivity index (χ4n) is 6.29. The van der Waals surface area contributed by atoms with Crippen LogP contribution in [-0.4, -0.2) is 134 Å². The zero-order valence-corrected chi connectivity index (χ0v) is 29.9. The molecule has 14 atom stereocenters. The van der Waals surface area contributed by atoms with Gasteiger partial charge in [-0.05, 0) is 28.5 Å². The Labute approximate surface area is 310 Å². The highest BCUT2D eigenvalue weighted by atomic mass is 16.7. The monoisotopic (exact) mass is 782 g/mol. The van der Waals surface area contributed by atoms with Crippen LogP contribution in [0.15, 0.2) is 20.5 Å². The average molecular weight is 783 g/mol. The summed E-state index contributed by atoms with van der Waals surface area (Å²) in [6.07, 6.45) is -16.0. The van der Waals surface area contributed by atoms with Crippen LogP contribution < -0.4 is 0 Å². The molecule has 3 rings (SSSR count). The van der Waals surface area contributed by atoms with Crippen molar-refractivity contribution in [2.75, 3.05) is 13.2 Å². The second-order valence-electron chi connectivity index (χ2n) is 12.1. The van der Waals surface area contributed by atoms with Crippen molar-refractivity contribution in [2.45, 2.75) is 133 Å². The lowest BCUT2D eigenvalue weighted by Gasteiger charge is -2.49. The summed E-state index contributed by atoms with van der Waals surface area (Å²) in [4.78, 5) is 71.8. The quantitative estimate of drug-likeness (QED) is 0.0816. The molecule has 300 valence electrons. The number of hydrogen-bond acceptors (Lipinski definition) is 19. The van der Waals surface area contributed by atoms with Crippen LogP contribution in [0.4, 0.5) is 0 Å². The Morgan fingerprint density at radius 2 is 1.05 bits per heavy atom. The number of hydrogen-bond donors (Lipinski definition) is 1. The van der Waals surface area contributed by atoms with Crippen molar-refractivity contribution in [1.29, 1.82) is 0 Å².